The number of methoxy groups -OCH3 is 1. The molecule has 3 aromatic heterocycles. The van der Waals surface area contributed by atoms with Gasteiger partial charge in [0.25, 0.3) is 5.91 Å². The van der Waals surface area contributed by atoms with Gasteiger partial charge >= 0.3 is 12.1 Å². The van der Waals surface area contributed by atoms with Gasteiger partial charge in [0, 0.05) is 56.9 Å². The van der Waals surface area contributed by atoms with Crippen LogP contribution in [-0.2, 0) is 16.6 Å². The van der Waals surface area contributed by atoms with E-state index in [4.69, 9.17) is 9.84 Å². The Morgan fingerprint density at radius 3 is 2.42 bits per heavy atom. The summed E-state index contributed by atoms with van der Waals surface area (Å²) in [7, 11) is 3.24. The maximum absolute atomic E-state index is 13.5. The molecule has 18 heteroatoms. The molecule has 328 valence electrons. The van der Waals surface area contributed by atoms with Crippen molar-refractivity contribution in [3.63, 3.8) is 0 Å². The number of benzene rings is 2. The lowest BCUT2D eigenvalue weighted by atomic mass is 9.71. The Morgan fingerprint density at radius 2 is 1.71 bits per heavy atom. The third-order valence-corrected chi connectivity index (χ3v) is 13.7. The van der Waals surface area contributed by atoms with Crippen LogP contribution in [0.5, 0.6) is 11.5 Å². The zero-order chi connectivity index (χ0) is 43.3. The summed E-state index contributed by atoms with van der Waals surface area (Å²) >= 11 is 0. The number of aryl methyl sites for hydroxylation is 1. The summed E-state index contributed by atoms with van der Waals surface area (Å²) in [5.74, 6) is -1.00. The number of nitrogens with one attached hydrogen (secondary N) is 2. The van der Waals surface area contributed by atoms with Crippen LogP contribution in [0.1, 0.15) is 86.6 Å². The molecule has 62 heavy (non-hydrogen) atoms. The largest absolute Gasteiger partial charge is 0.573 e. The predicted molar refractivity (Wildman–Crippen MR) is 224 cm³/mol. The lowest BCUT2D eigenvalue weighted by Gasteiger charge is -2.48. The number of carbonyl (C=O) groups excluding carboxylic acids is 3. The molecule has 1 spiro atoms. The van der Waals surface area contributed by atoms with Crippen molar-refractivity contribution in [2.75, 3.05) is 50.1 Å². The molecule has 0 bridgehead atoms. The molecule has 5 aromatic rings. The van der Waals surface area contributed by atoms with E-state index in [1.165, 1.54) is 20.0 Å². The molecule has 1 aliphatic carbocycles. The molecule has 15 nitrogen and oxygen atoms in total. The second-order valence-corrected chi connectivity index (χ2v) is 17.4. The number of aromatic nitrogens is 5. The molecule has 1 atom stereocenters. The molecule has 3 saturated heterocycles. The van der Waals surface area contributed by atoms with E-state index < -0.39 is 30.0 Å². The number of fused-ring (bicyclic) bond motifs is 2. The number of ether oxygens (including phenoxy) is 2. The quantitative estimate of drug-likeness (QED) is 0.161. The van der Waals surface area contributed by atoms with Crippen molar-refractivity contribution in [1.29, 1.82) is 0 Å². The average molecular weight is 858 g/mol. The highest BCUT2D eigenvalue weighted by Gasteiger charge is 2.39. The molecule has 4 fully saturated rings. The number of nitrogens with zero attached hydrogens (tertiary/aromatic N) is 7. The molecule has 3 aliphatic heterocycles. The third-order valence-electron chi connectivity index (χ3n) is 13.7. The van der Waals surface area contributed by atoms with Crippen molar-refractivity contribution in [3.8, 4) is 11.5 Å². The SMILES string of the molecule is COc1cc2nn(C3CCC(CN4CCC5(CC4)CCN(c4cccc6c4n(C)c(=O)n6C4CCC(=O)NC4=O)CC5)CC3)cc2cc1NC(=O)c1cncc(OC(F)(F)F)c1. The van der Waals surface area contributed by atoms with Crippen LogP contribution < -0.4 is 30.7 Å². The van der Waals surface area contributed by atoms with Crippen LogP contribution in [0.3, 0.4) is 0 Å². The van der Waals surface area contributed by atoms with E-state index in [9.17, 15) is 32.3 Å². The summed E-state index contributed by atoms with van der Waals surface area (Å²) < 4.78 is 52.8. The highest BCUT2D eigenvalue weighted by atomic mass is 19.4. The number of likely N-dealkylation sites (tertiary alicyclic amines) is 1. The molecular weight excluding hydrogens is 808 g/mol. The van der Waals surface area contributed by atoms with Gasteiger partial charge in [0.2, 0.25) is 11.8 Å². The molecule has 1 saturated carbocycles. The van der Waals surface area contributed by atoms with Crippen molar-refractivity contribution in [1.82, 2.24) is 34.1 Å². The van der Waals surface area contributed by atoms with E-state index in [1.807, 2.05) is 23.0 Å². The standard InChI is InChI=1S/C44H50F3N9O6/c1-52-39-34(4-3-5-35(39)56(42(52)60)36-10-11-38(57)50-41(36)59)54-18-14-43(15-19-54)12-16-53(17-13-43)25-27-6-8-30(9-7-27)55-26-29-21-33(37(61-2)22-32(29)51-55)49-40(58)28-20-31(24-48-23-28)62-44(45,46)47/h3-5,20-24,26-27,30,36H,6-19,25H2,1-2H3,(H,49,58)(H,50,57,59). The summed E-state index contributed by atoms with van der Waals surface area (Å²) in [6.45, 7) is 5.09. The first kappa shape index (κ1) is 41.4. The van der Waals surface area contributed by atoms with Crippen molar-refractivity contribution in [3.05, 3.63) is 71.0 Å². The second-order valence-electron chi connectivity index (χ2n) is 17.4. The Kier molecular flexibility index (Phi) is 11.0. The number of imidazole rings is 1. The Morgan fingerprint density at radius 1 is 0.968 bits per heavy atom. The van der Waals surface area contributed by atoms with Gasteiger partial charge in [-0.3, -0.25) is 38.5 Å². The number of halogens is 3. The minimum Gasteiger partial charge on any atom is -0.494 e. The summed E-state index contributed by atoms with van der Waals surface area (Å²) in [5, 5.41) is 10.8. The van der Waals surface area contributed by atoms with Crippen LogP contribution in [0, 0.1) is 11.3 Å². The van der Waals surface area contributed by atoms with Gasteiger partial charge in [-0.1, -0.05) is 6.07 Å². The number of amides is 3. The Labute approximate surface area is 355 Å². The fourth-order valence-corrected chi connectivity index (χ4v) is 10.2. The molecule has 2 aromatic carbocycles. The van der Waals surface area contributed by atoms with Gasteiger partial charge in [-0.25, -0.2) is 4.79 Å². The fraction of sp³-hybridized carbons (Fsp3) is 0.500. The van der Waals surface area contributed by atoms with Crippen molar-refractivity contribution < 1.29 is 37.0 Å². The highest BCUT2D eigenvalue weighted by Crippen LogP contribution is 2.44. The number of piperidine rings is 3. The zero-order valence-electron chi connectivity index (χ0n) is 34.7. The first-order valence-electron chi connectivity index (χ1n) is 21.4. The summed E-state index contributed by atoms with van der Waals surface area (Å²) in [6.07, 6.45) is 8.38. The monoisotopic (exact) mass is 857 g/mol. The fourth-order valence-electron chi connectivity index (χ4n) is 10.2. The van der Waals surface area contributed by atoms with Crippen molar-refractivity contribution in [2.45, 2.75) is 82.7 Å². The second kappa shape index (κ2) is 16.4. The third kappa shape index (κ3) is 8.23. The molecule has 9 rings (SSSR count). The van der Waals surface area contributed by atoms with E-state index in [1.54, 1.807) is 28.3 Å². The van der Waals surface area contributed by atoms with Crippen LogP contribution in [0.25, 0.3) is 21.9 Å². The van der Waals surface area contributed by atoms with Gasteiger partial charge in [0.1, 0.15) is 17.5 Å². The maximum Gasteiger partial charge on any atom is 0.573 e. The highest BCUT2D eigenvalue weighted by molar-refractivity contribution is 6.06. The molecule has 2 N–H and O–H groups in total. The average Bonchev–Trinajstić information content (AvgIpc) is 3.78. The van der Waals surface area contributed by atoms with Crippen LogP contribution >= 0.6 is 0 Å². The minimum absolute atomic E-state index is 0.102. The van der Waals surface area contributed by atoms with E-state index >= 15 is 0 Å². The number of imide groups is 1. The Balaban J connectivity index is 0.771. The number of rotatable bonds is 9. The number of hydrogen-bond acceptors (Lipinski definition) is 10. The molecule has 4 aliphatic rings. The van der Waals surface area contributed by atoms with Crippen molar-refractivity contribution in [2.24, 2.45) is 18.4 Å². The van der Waals surface area contributed by atoms with E-state index in [0.29, 0.717) is 34.7 Å². The topological polar surface area (TPSA) is 158 Å². The van der Waals surface area contributed by atoms with E-state index in [-0.39, 0.29) is 29.6 Å². The predicted octanol–water partition coefficient (Wildman–Crippen LogP) is 6.34. The number of para-hydroxylation sites is 1. The molecule has 3 amide bonds. The van der Waals surface area contributed by atoms with Crippen LogP contribution in [0.4, 0.5) is 24.5 Å². The number of anilines is 2. The zero-order valence-corrected chi connectivity index (χ0v) is 34.7. The maximum atomic E-state index is 13.5. The van der Waals surface area contributed by atoms with Crippen LogP contribution in [0.2, 0.25) is 0 Å². The van der Waals surface area contributed by atoms with Gasteiger partial charge < -0.3 is 24.6 Å². The summed E-state index contributed by atoms with van der Waals surface area (Å²) in [4.78, 5) is 59.8. The van der Waals surface area contributed by atoms with Crippen LogP contribution in [-0.4, -0.2) is 92.7 Å². The van der Waals surface area contributed by atoms with E-state index in [0.717, 1.165) is 112 Å². The van der Waals surface area contributed by atoms with Gasteiger partial charge in [0.15, 0.2) is 0 Å². The van der Waals surface area contributed by atoms with Crippen LogP contribution in [0.15, 0.2) is 59.8 Å². The lowest BCUT2D eigenvalue weighted by Crippen LogP contribution is -2.48. The summed E-state index contributed by atoms with van der Waals surface area (Å²) in [6, 6.07) is 9.93. The molecule has 1 unspecified atom stereocenters. The summed E-state index contributed by atoms with van der Waals surface area (Å²) in [5.41, 5.74) is 3.58. The van der Waals surface area contributed by atoms with Gasteiger partial charge in [-0.2, -0.15) is 5.10 Å². The number of pyridine rings is 1. The number of carbonyl (C=O) groups is 3. The number of hydrogen-bond donors (Lipinski definition) is 2. The number of alkyl halides is 3. The van der Waals surface area contributed by atoms with E-state index in [2.05, 4.69) is 36.2 Å². The smallest absolute Gasteiger partial charge is 0.494 e. The minimum atomic E-state index is -4.91. The normalized spacial score (nSPS) is 22.3. The van der Waals surface area contributed by atoms with Gasteiger partial charge in [0.05, 0.1) is 52.8 Å². The van der Waals surface area contributed by atoms with Gasteiger partial charge in [-0.15, -0.1) is 13.2 Å². The van der Waals surface area contributed by atoms with Gasteiger partial charge in [-0.05, 0) is 106 Å². The Hall–Kier alpha value is -5.91. The van der Waals surface area contributed by atoms with Crippen molar-refractivity contribution >= 4 is 51.0 Å². The molecule has 0 radical (unpaired) electrons. The molecular formula is C44H50F3N9O6. The first-order valence-corrected chi connectivity index (χ1v) is 21.4. The first-order chi connectivity index (χ1) is 29.8. The molecule has 6 heterocycles. The lowest BCUT2D eigenvalue weighted by molar-refractivity contribution is -0.274. The Bertz CT molecular complexity index is 2580.